The van der Waals surface area contributed by atoms with Crippen LogP contribution in [0.1, 0.15) is 6.92 Å². The lowest BCUT2D eigenvalue weighted by molar-refractivity contribution is 0.0921. The smallest absolute Gasteiger partial charge is 0.120 e. The standard InChI is InChI=1S/C21H24N2O3/c1-17(15-24-2)26-21-8-4-6-19(14-21)18-5-3-7-20(13-18)25-12-11-23-10-9-22-16-23/h3-10,13-14,16-17H,11-12,15H2,1-2H3. The third kappa shape index (κ3) is 5.10. The topological polar surface area (TPSA) is 45.5 Å². The number of hydrogen-bond acceptors (Lipinski definition) is 4. The summed E-state index contributed by atoms with van der Waals surface area (Å²) in [6, 6.07) is 16.2. The molecular formula is C21H24N2O3. The van der Waals surface area contributed by atoms with E-state index in [1.54, 1.807) is 19.6 Å². The Hall–Kier alpha value is -2.79. The number of imidazole rings is 1. The van der Waals surface area contributed by atoms with Crippen LogP contribution in [0.15, 0.2) is 67.3 Å². The van der Waals surface area contributed by atoms with Crippen LogP contribution in [0.25, 0.3) is 11.1 Å². The molecule has 5 nitrogen and oxygen atoms in total. The van der Waals surface area contributed by atoms with Crippen LogP contribution in [0.4, 0.5) is 0 Å². The van der Waals surface area contributed by atoms with Crippen molar-refractivity contribution < 1.29 is 14.2 Å². The predicted molar refractivity (Wildman–Crippen MR) is 102 cm³/mol. The van der Waals surface area contributed by atoms with Crippen LogP contribution in [-0.4, -0.2) is 36.0 Å². The fourth-order valence-corrected chi connectivity index (χ4v) is 2.70. The summed E-state index contributed by atoms with van der Waals surface area (Å²) in [4.78, 5) is 4.03. The summed E-state index contributed by atoms with van der Waals surface area (Å²) >= 11 is 0. The summed E-state index contributed by atoms with van der Waals surface area (Å²) in [5.41, 5.74) is 2.18. The highest BCUT2D eigenvalue weighted by Crippen LogP contribution is 2.27. The Bertz CT molecular complexity index is 803. The van der Waals surface area contributed by atoms with Crippen molar-refractivity contribution in [3.8, 4) is 22.6 Å². The van der Waals surface area contributed by atoms with Gasteiger partial charge in [0.25, 0.3) is 0 Å². The van der Waals surface area contributed by atoms with E-state index < -0.39 is 0 Å². The number of aromatic nitrogens is 2. The number of hydrogen-bond donors (Lipinski definition) is 0. The lowest BCUT2D eigenvalue weighted by Gasteiger charge is -2.14. The van der Waals surface area contributed by atoms with E-state index in [2.05, 4.69) is 17.1 Å². The third-order valence-corrected chi connectivity index (χ3v) is 3.92. The molecule has 1 unspecified atom stereocenters. The first-order valence-corrected chi connectivity index (χ1v) is 8.69. The Labute approximate surface area is 154 Å². The van der Waals surface area contributed by atoms with Crippen molar-refractivity contribution in [1.29, 1.82) is 0 Å². The van der Waals surface area contributed by atoms with Gasteiger partial charge in [0.05, 0.1) is 19.5 Å². The Balaban J connectivity index is 1.65. The molecular weight excluding hydrogens is 328 g/mol. The number of benzene rings is 2. The van der Waals surface area contributed by atoms with Gasteiger partial charge in [0, 0.05) is 19.5 Å². The highest BCUT2D eigenvalue weighted by molar-refractivity contribution is 5.66. The van der Waals surface area contributed by atoms with Crippen LogP contribution in [0.5, 0.6) is 11.5 Å². The van der Waals surface area contributed by atoms with Crippen LogP contribution in [0.3, 0.4) is 0 Å². The molecule has 1 atom stereocenters. The molecule has 0 aliphatic carbocycles. The van der Waals surface area contributed by atoms with E-state index in [1.807, 2.05) is 54.1 Å². The van der Waals surface area contributed by atoms with Crippen molar-refractivity contribution in [2.75, 3.05) is 20.3 Å². The lowest BCUT2D eigenvalue weighted by atomic mass is 10.1. The Morgan fingerprint density at radius 3 is 2.46 bits per heavy atom. The van der Waals surface area contributed by atoms with Crippen LogP contribution in [0.2, 0.25) is 0 Å². The van der Waals surface area contributed by atoms with Crippen molar-refractivity contribution in [3.63, 3.8) is 0 Å². The molecule has 26 heavy (non-hydrogen) atoms. The van der Waals surface area contributed by atoms with Gasteiger partial charge in [0.2, 0.25) is 0 Å². The maximum absolute atomic E-state index is 5.89. The first-order valence-electron chi connectivity index (χ1n) is 8.69. The van der Waals surface area contributed by atoms with Gasteiger partial charge in [-0.05, 0) is 42.3 Å². The maximum atomic E-state index is 5.89. The Morgan fingerprint density at radius 2 is 1.77 bits per heavy atom. The molecule has 0 amide bonds. The molecule has 1 aromatic heterocycles. The average Bonchev–Trinajstić information content (AvgIpc) is 3.16. The lowest BCUT2D eigenvalue weighted by Crippen LogP contribution is -2.17. The zero-order valence-electron chi connectivity index (χ0n) is 15.2. The SMILES string of the molecule is COCC(C)Oc1cccc(-c2cccc(OCCn3ccnc3)c2)c1. The molecule has 0 fully saturated rings. The molecule has 5 heteroatoms. The molecule has 0 saturated heterocycles. The molecule has 0 N–H and O–H groups in total. The molecule has 2 aromatic carbocycles. The van der Waals surface area contributed by atoms with Crippen molar-refractivity contribution in [2.24, 2.45) is 0 Å². The normalized spacial score (nSPS) is 11.9. The van der Waals surface area contributed by atoms with Gasteiger partial charge < -0.3 is 18.8 Å². The molecule has 0 aliphatic heterocycles. The highest BCUT2D eigenvalue weighted by atomic mass is 16.5. The van der Waals surface area contributed by atoms with Gasteiger partial charge in [-0.2, -0.15) is 0 Å². The molecule has 3 aromatic rings. The van der Waals surface area contributed by atoms with E-state index in [0.29, 0.717) is 13.2 Å². The zero-order valence-corrected chi connectivity index (χ0v) is 15.2. The second-order valence-corrected chi connectivity index (χ2v) is 6.09. The minimum Gasteiger partial charge on any atom is -0.492 e. The molecule has 3 rings (SSSR count). The summed E-state index contributed by atoms with van der Waals surface area (Å²) in [6.45, 7) is 3.91. The van der Waals surface area contributed by atoms with E-state index in [1.165, 1.54) is 0 Å². The summed E-state index contributed by atoms with van der Waals surface area (Å²) in [6.07, 6.45) is 5.49. The van der Waals surface area contributed by atoms with Gasteiger partial charge in [-0.15, -0.1) is 0 Å². The first kappa shape index (κ1) is 18.0. The minimum atomic E-state index is 0.00749. The minimum absolute atomic E-state index is 0.00749. The summed E-state index contributed by atoms with van der Waals surface area (Å²) in [5, 5.41) is 0. The molecule has 0 bridgehead atoms. The Morgan fingerprint density at radius 1 is 1.04 bits per heavy atom. The molecule has 0 spiro atoms. The molecule has 136 valence electrons. The van der Waals surface area contributed by atoms with Gasteiger partial charge in [-0.3, -0.25) is 0 Å². The zero-order chi connectivity index (χ0) is 18.2. The molecule has 1 heterocycles. The summed E-state index contributed by atoms with van der Waals surface area (Å²) in [7, 11) is 1.68. The quantitative estimate of drug-likeness (QED) is 0.583. The number of rotatable bonds is 9. The van der Waals surface area contributed by atoms with Gasteiger partial charge in [-0.25, -0.2) is 4.98 Å². The summed E-state index contributed by atoms with van der Waals surface area (Å²) in [5.74, 6) is 1.68. The van der Waals surface area contributed by atoms with Gasteiger partial charge in [-0.1, -0.05) is 24.3 Å². The second-order valence-electron chi connectivity index (χ2n) is 6.09. The van der Waals surface area contributed by atoms with E-state index in [0.717, 1.165) is 29.2 Å². The van der Waals surface area contributed by atoms with Crippen LogP contribution in [0, 0.1) is 0 Å². The second kappa shape index (κ2) is 9.06. The number of ether oxygens (including phenoxy) is 3. The fourth-order valence-electron chi connectivity index (χ4n) is 2.70. The number of methoxy groups -OCH3 is 1. The average molecular weight is 352 g/mol. The van der Waals surface area contributed by atoms with E-state index in [9.17, 15) is 0 Å². The monoisotopic (exact) mass is 352 g/mol. The van der Waals surface area contributed by atoms with Crippen LogP contribution >= 0.6 is 0 Å². The van der Waals surface area contributed by atoms with Gasteiger partial charge >= 0.3 is 0 Å². The van der Waals surface area contributed by atoms with Gasteiger partial charge in [0.15, 0.2) is 0 Å². The molecule has 0 aliphatic rings. The molecule has 0 radical (unpaired) electrons. The third-order valence-electron chi connectivity index (χ3n) is 3.92. The largest absolute Gasteiger partial charge is 0.492 e. The first-order chi connectivity index (χ1) is 12.7. The maximum Gasteiger partial charge on any atom is 0.120 e. The van der Waals surface area contributed by atoms with Crippen molar-refractivity contribution in [2.45, 2.75) is 19.6 Å². The van der Waals surface area contributed by atoms with E-state index >= 15 is 0 Å². The van der Waals surface area contributed by atoms with Gasteiger partial charge in [0.1, 0.15) is 24.2 Å². The van der Waals surface area contributed by atoms with Crippen molar-refractivity contribution in [1.82, 2.24) is 9.55 Å². The van der Waals surface area contributed by atoms with E-state index in [4.69, 9.17) is 14.2 Å². The van der Waals surface area contributed by atoms with Crippen LogP contribution < -0.4 is 9.47 Å². The van der Waals surface area contributed by atoms with Crippen LogP contribution in [-0.2, 0) is 11.3 Å². The molecule has 0 saturated carbocycles. The Kier molecular flexibility index (Phi) is 6.28. The predicted octanol–water partition coefficient (Wildman–Crippen LogP) is 4.04. The summed E-state index contributed by atoms with van der Waals surface area (Å²) < 4.78 is 18.9. The van der Waals surface area contributed by atoms with E-state index in [-0.39, 0.29) is 6.10 Å². The fraction of sp³-hybridized carbons (Fsp3) is 0.286. The van der Waals surface area contributed by atoms with Crippen molar-refractivity contribution in [3.05, 3.63) is 67.3 Å². The highest BCUT2D eigenvalue weighted by Gasteiger charge is 2.06. The number of nitrogens with zero attached hydrogens (tertiary/aromatic N) is 2. The van der Waals surface area contributed by atoms with Crippen molar-refractivity contribution >= 4 is 0 Å².